The third-order valence-electron chi connectivity index (χ3n) is 4.18. The van der Waals surface area contributed by atoms with Crippen molar-refractivity contribution in [3.05, 3.63) is 30.1 Å². The monoisotopic (exact) mass is 482 g/mol. The van der Waals surface area contributed by atoms with Crippen molar-refractivity contribution in [1.29, 1.82) is 0 Å². The van der Waals surface area contributed by atoms with Crippen molar-refractivity contribution >= 4 is 39.8 Å². The number of halogens is 1. The Hall–Kier alpha value is -0.940. The maximum Gasteiger partial charge on any atom is 0.194 e. The van der Waals surface area contributed by atoms with E-state index in [1.165, 1.54) is 0 Å². The van der Waals surface area contributed by atoms with Crippen LogP contribution in [0.4, 0.5) is 0 Å². The smallest absolute Gasteiger partial charge is 0.194 e. The van der Waals surface area contributed by atoms with Gasteiger partial charge in [0.1, 0.15) is 0 Å². The number of sulfone groups is 1. The Morgan fingerprint density at radius 2 is 2.08 bits per heavy atom. The quantitative estimate of drug-likeness (QED) is 0.381. The first-order valence-corrected chi connectivity index (χ1v) is 9.75. The molecule has 2 N–H and O–H groups in total. The van der Waals surface area contributed by atoms with Crippen molar-refractivity contribution in [3.8, 4) is 0 Å². The summed E-state index contributed by atoms with van der Waals surface area (Å²) in [5, 5.41) is 13.4. The Bertz CT molecular complexity index is 680. The number of hydrogen-bond acceptors (Lipinski definition) is 5. The van der Waals surface area contributed by atoms with Crippen molar-refractivity contribution in [2.24, 2.45) is 4.99 Å². The average Bonchev–Trinajstić information content (AvgIpc) is 2.54. The van der Waals surface area contributed by atoms with Crippen molar-refractivity contribution in [3.63, 3.8) is 0 Å². The van der Waals surface area contributed by atoms with Crippen molar-refractivity contribution in [1.82, 2.24) is 15.2 Å². The second-order valence-electron chi connectivity index (χ2n) is 6.49. The molecule has 0 spiro atoms. The molecule has 0 saturated carbocycles. The summed E-state index contributed by atoms with van der Waals surface area (Å²) in [7, 11) is -3.10. The van der Waals surface area contributed by atoms with E-state index in [2.05, 4.69) is 15.3 Å². The number of rotatable bonds is 4. The van der Waals surface area contributed by atoms with Crippen LogP contribution in [0.2, 0.25) is 0 Å². The Morgan fingerprint density at radius 3 is 2.64 bits per heavy atom. The van der Waals surface area contributed by atoms with Gasteiger partial charge in [0.05, 0.1) is 23.1 Å². The van der Waals surface area contributed by atoms with Gasteiger partial charge in [0.25, 0.3) is 0 Å². The molecule has 0 amide bonds. The standard InChI is InChI=1S/C16H26N4O3S.HI/c1-4-18-15(19-11-14(21)13-5-7-17-8-6-13)20-9-10-24(22,23)16(2,3)12-20;/h5-8,14,21H,4,9-12H2,1-3H3,(H,18,19);1H. The molecule has 1 aromatic rings. The maximum absolute atomic E-state index is 12.1. The molecule has 1 fully saturated rings. The molecule has 1 unspecified atom stereocenters. The van der Waals surface area contributed by atoms with Crippen LogP contribution in [0.3, 0.4) is 0 Å². The summed E-state index contributed by atoms with van der Waals surface area (Å²) in [6.45, 7) is 7.10. The van der Waals surface area contributed by atoms with Crippen LogP contribution in [0.1, 0.15) is 32.4 Å². The van der Waals surface area contributed by atoms with Gasteiger partial charge in [0, 0.05) is 32.0 Å². The van der Waals surface area contributed by atoms with E-state index in [4.69, 9.17) is 0 Å². The summed E-state index contributed by atoms with van der Waals surface area (Å²) >= 11 is 0. The first-order chi connectivity index (χ1) is 11.3. The highest BCUT2D eigenvalue weighted by molar-refractivity contribution is 14.0. The zero-order chi connectivity index (χ0) is 17.8. The minimum absolute atomic E-state index is 0. The molecular formula is C16H27IN4O3S. The van der Waals surface area contributed by atoms with Crippen molar-refractivity contribution < 1.29 is 13.5 Å². The zero-order valence-corrected chi connectivity index (χ0v) is 18.0. The third-order valence-corrected chi connectivity index (χ3v) is 6.72. The lowest BCUT2D eigenvalue weighted by molar-refractivity contribution is 0.186. The highest BCUT2D eigenvalue weighted by atomic mass is 127. The topological polar surface area (TPSA) is 94.9 Å². The molecule has 1 aliphatic rings. The van der Waals surface area contributed by atoms with Crippen molar-refractivity contribution in [2.75, 3.05) is 31.9 Å². The molecule has 1 atom stereocenters. The van der Waals surface area contributed by atoms with Crippen molar-refractivity contribution in [2.45, 2.75) is 31.6 Å². The summed E-state index contributed by atoms with van der Waals surface area (Å²) in [6.07, 6.45) is 2.54. The molecule has 1 saturated heterocycles. The van der Waals surface area contributed by atoms with Gasteiger partial charge in [-0.05, 0) is 38.5 Å². The van der Waals surface area contributed by atoms with Gasteiger partial charge in [0.2, 0.25) is 0 Å². The molecule has 9 heteroatoms. The molecule has 0 aliphatic carbocycles. The number of aliphatic imine (C=N–C) groups is 1. The SMILES string of the molecule is CCNC(=NCC(O)c1ccncc1)N1CCS(=O)(=O)C(C)(C)C1.I. The Kier molecular flexibility index (Phi) is 8.07. The van der Waals surface area contributed by atoms with Gasteiger partial charge in [-0.1, -0.05) is 0 Å². The summed E-state index contributed by atoms with van der Waals surface area (Å²) < 4.78 is 23.5. The van der Waals surface area contributed by atoms with Crippen LogP contribution < -0.4 is 5.32 Å². The average molecular weight is 482 g/mol. The van der Waals surface area contributed by atoms with E-state index >= 15 is 0 Å². The van der Waals surface area contributed by atoms with Crippen LogP contribution in [0.15, 0.2) is 29.5 Å². The van der Waals surface area contributed by atoms with Gasteiger partial charge in [-0.3, -0.25) is 9.98 Å². The molecular weight excluding hydrogens is 455 g/mol. The van der Waals surface area contributed by atoms with E-state index in [1.807, 2.05) is 11.8 Å². The minimum atomic E-state index is -3.10. The first-order valence-electron chi connectivity index (χ1n) is 8.10. The van der Waals surface area contributed by atoms with Crippen LogP contribution in [0.25, 0.3) is 0 Å². The Labute approximate surface area is 166 Å². The summed E-state index contributed by atoms with van der Waals surface area (Å²) in [5.74, 6) is 0.741. The molecule has 0 radical (unpaired) electrons. The lowest BCUT2D eigenvalue weighted by atomic mass is 10.1. The minimum Gasteiger partial charge on any atom is -0.386 e. The Balaban J connectivity index is 0.00000312. The molecule has 1 aliphatic heterocycles. The normalized spacial score (nSPS) is 20.5. The number of pyridine rings is 1. The molecule has 1 aromatic heterocycles. The highest BCUT2D eigenvalue weighted by Gasteiger charge is 2.40. The van der Waals surface area contributed by atoms with E-state index in [9.17, 15) is 13.5 Å². The number of guanidine groups is 1. The van der Waals surface area contributed by atoms with E-state index in [1.54, 1.807) is 38.4 Å². The predicted octanol–water partition coefficient (Wildman–Crippen LogP) is 1.21. The number of aromatic nitrogens is 1. The number of nitrogens with one attached hydrogen (secondary N) is 1. The van der Waals surface area contributed by atoms with E-state index < -0.39 is 20.7 Å². The largest absolute Gasteiger partial charge is 0.386 e. The molecule has 0 bridgehead atoms. The zero-order valence-electron chi connectivity index (χ0n) is 14.8. The van der Waals surface area contributed by atoms with Crippen LogP contribution in [0.5, 0.6) is 0 Å². The second-order valence-corrected chi connectivity index (χ2v) is 9.23. The van der Waals surface area contributed by atoms with Gasteiger partial charge in [-0.25, -0.2) is 8.42 Å². The summed E-state index contributed by atoms with van der Waals surface area (Å²) in [5.41, 5.74) is 0.756. The van der Waals surface area contributed by atoms with Gasteiger partial charge < -0.3 is 15.3 Å². The van der Waals surface area contributed by atoms with Crippen LogP contribution in [0, 0.1) is 0 Å². The number of nitrogens with zero attached hydrogens (tertiary/aromatic N) is 3. The summed E-state index contributed by atoms with van der Waals surface area (Å²) in [4.78, 5) is 10.4. The fourth-order valence-electron chi connectivity index (χ4n) is 2.61. The lowest BCUT2D eigenvalue weighted by Gasteiger charge is -2.39. The number of hydrogen-bond donors (Lipinski definition) is 2. The molecule has 2 heterocycles. The van der Waals surface area contributed by atoms with Crippen LogP contribution >= 0.6 is 24.0 Å². The van der Waals surface area contributed by atoms with Crippen LogP contribution in [-0.2, 0) is 9.84 Å². The maximum atomic E-state index is 12.1. The van der Waals surface area contributed by atoms with Gasteiger partial charge in [-0.15, -0.1) is 24.0 Å². The van der Waals surface area contributed by atoms with E-state index in [-0.39, 0.29) is 36.3 Å². The van der Waals surface area contributed by atoms with Crippen LogP contribution in [-0.4, -0.2) is 66.0 Å². The number of aliphatic hydroxyl groups excluding tert-OH is 1. The fourth-order valence-corrected chi connectivity index (χ4v) is 3.98. The highest BCUT2D eigenvalue weighted by Crippen LogP contribution is 2.24. The molecule has 2 rings (SSSR count). The predicted molar refractivity (Wildman–Crippen MR) is 110 cm³/mol. The molecule has 7 nitrogen and oxygen atoms in total. The second kappa shape index (κ2) is 9.13. The molecule has 0 aromatic carbocycles. The van der Waals surface area contributed by atoms with Gasteiger partial charge in [-0.2, -0.15) is 0 Å². The van der Waals surface area contributed by atoms with Gasteiger partial charge in [0.15, 0.2) is 15.8 Å². The van der Waals surface area contributed by atoms with E-state index in [0.717, 1.165) is 5.56 Å². The van der Waals surface area contributed by atoms with Gasteiger partial charge >= 0.3 is 0 Å². The molecule has 25 heavy (non-hydrogen) atoms. The Morgan fingerprint density at radius 1 is 1.44 bits per heavy atom. The third kappa shape index (κ3) is 5.52. The van der Waals surface area contributed by atoms with E-state index in [0.29, 0.717) is 25.6 Å². The first kappa shape index (κ1) is 22.1. The molecule has 142 valence electrons. The summed E-state index contributed by atoms with van der Waals surface area (Å²) in [6, 6.07) is 3.51. The fraction of sp³-hybridized carbons (Fsp3) is 0.625. The number of aliphatic hydroxyl groups is 1. The lowest BCUT2D eigenvalue weighted by Crippen LogP contribution is -2.57.